The van der Waals surface area contributed by atoms with E-state index in [1.165, 1.54) is 0 Å². The lowest BCUT2D eigenvalue weighted by Crippen LogP contribution is -2.11. The number of rotatable bonds is 4. The molecule has 0 aromatic carbocycles. The molecular weight excluding hydrogens is 421 g/mol. The second-order valence-electron chi connectivity index (χ2n) is 4.39. The molecule has 0 saturated carbocycles. The maximum absolute atomic E-state index is 11.5. The molecule has 0 aliphatic rings. The van der Waals surface area contributed by atoms with Gasteiger partial charge < -0.3 is 0 Å². The molecule has 0 saturated heterocycles. The predicted molar refractivity (Wildman–Crippen MR) is 83.9 cm³/mol. The van der Waals surface area contributed by atoms with Gasteiger partial charge in [-0.1, -0.05) is 13.8 Å². The summed E-state index contributed by atoms with van der Waals surface area (Å²) in [5.41, 5.74) is 0.856. The third kappa shape index (κ3) is 3.47. The van der Waals surface area contributed by atoms with Crippen LogP contribution in [0.5, 0.6) is 0 Å². The van der Waals surface area contributed by atoms with E-state index in [2.05, 4.69) is 32.8 Å². The third-order valence-electron chi connectivity index (χ3n) is 2.31. The van der Waals surface area contributed by atoms with E-state index in [4.69, 9.17) is 10.7 Å². The molecule has 0 fully saturated rings. The molecule has 0 radical (unpaired) electrons. The van der Waals surface area contributed by atoms with Crippen molar-refractivity contribution in [2.75, 3.05) is 0 Å². The first-order chi connectivity index (χ1) is 8.79. The van der Waals surface area contributed by atoms with Gasteiger partial charge in [0, 0.05) is 28.2 Å². The van der Waals surface area contributed by atoms with Gasteiger partial charge in [0.05, 0.1) is 2.88 Å². The molecule has 0 bridgehead atoms. The molecule has 5 nitrogen and oxygen atoms in total. The third-order valence-corrected chi connectivity index (χ3v) is 5.25. The summed E-state index contributed by atoms with van der Waals surface area (Å²) in [7, 11) is 1.51. The van der Waals surface area contributed by atoms with Gasteiger partial charge in [0.2, 0.25) is 0 Å². The van der Waals surface area contributed by atoms with Crippen molar-refractivity contribution >= 4 is 53.7 Å². The summed E-state index contributed by atoms with van der Waals surface area (Å²) >= 11 is 3.77. The van der Waals surface area contributed by atoms with Crippen LogP contribution in [-0.4, -0.2) is 23.2 Å². The molecule has 0 unspecified atom stereocenters. The largest absolute Gasteiger partial charge is 0.297 e. The van der Waals surface area contributed by atoms with E-state index < -0.39 is 9.05 Å². The second-order valence-corrected chi connectivity index (χ2v) is 9.65. The average molecular weight is 432 g/mol. The topological polar surface area (TPSA) is 64.8 Å². The minimum atomic E-state index is -3.90. The van der Waals surface area contributed by atoms with Gasteiger partial charge in [-0.05, 0) is 34.6 Å². The lowest BCUT2D eigenvalue weighted by Gasteiger charge is -2.10. The zero-order valence-corrected chi connectivity index (χ0v) is 14.7. The van der Waals surface area contributed by atoms with Crippen molar-refractivity contribution in [3.63, 3.8) is 0 Å². The van der Waals surface area contributed by atoms with Gasteiger partial charge in [-0.2, -0.15) is 0 Å². The van der Waals surface area contributed by atoms with Crippen molar-refractivity contribution in [1.29, 1.82) is 0 Å². The van der Waals surface area contributed by atoms with Gasteiger partial charge >= 0.3 is 0 Å². The van der Waals surface area contributed by atoms with E-state index in [0.29, 0.717) is 12.4 Å². The number of hydrogen-bond donors (Lipinski definition) is 0. The highest BCUT2D eigenvalue weighted by atomic mass is 127. The van der Waals surface area contributed by atoms with Gasteiger partial charge in [-0.3, -0.25) is 4.57 Å². The molecule has 2 heterocycles. The molecule has 19 heavy (non-hydrogen) atoms. The van der Waals surface area contributed by atoms with Crippen LogP contribution in [0.2, 0.25) is 0 Å². The first kappa shape index (κ1) is 15.2. The fraction of sp³-hybridized carbons (Fsp3) is 0.400. The Bertz CT molecular complexity index is 693. The minimum absolute atomic E-state index is 0.195. The van der Waals surface area contributed by atoms with Gasteiger partial charge in [0.15, 0.2) is 5.82 Å². The van der Waals surface area contributed by atoms with Crippen LogP contribution in [0.4, 0.5) is 0 Å². The predicted octanol–water partition coefficient (Wildman–Crippen LogP) is 3.19. The Labute approximate surface area is 133 Å². The normalized spacial score (nSPS) is 12.3. The van der Waals surface area contributed by atoms with E-state index in [9.17, 15) is 8.42 Å². The van der Waals surface area contributed by atoms with Crippen LogP contribution in [0.25, 0.3) is 11.4 Å². The van der Waals surface area contributed by atoms with Gasteiger partial charge in [0.25, 0.3) is 14.2 Å². The van der Waals surface area contributed by atoms with Crippen LogP contribution in [0.15, 0.2) is 16.6 Å². The van der Waals surface area contributed by atoms with Crippen molar-refractivity contribution in [1.82, 2.24) is 14.8 Å². The number of aromatic nitrogens is 3. The van der Waals surface area contributed by atoms with E-state index >= 15 is 0 Å². The minimum Gasteiger partial charge on any atom is -0.297 e. The van der Waals surface area contributed by atoms with Crippen molar-refractivity contribution < 1.29 is 8.42 Å². The zero-order valence-electron chi connectivity index (χ0n) is 10.2. The van der Waals surface area contributed by atoms with Crippen molar-refractivity contribution in [2.45, 2.75) is 25.5 Å². The molecule has 104 valence electrons. The molecular formula is C10H11ClIN3O2S2. The molecule has 0 N–H and O–H groups in total. The smallest absolute Gasteiger partial charge is 0.296 e. The maximum Gasteiger partial charge on any atom is 0.296 e. The molecule has 0 aliphatic heterocycles. The molecule has 0 amide bonds. The van der Waals surface area contributed by atoms with Crippen LogP contribution in [0, 0.1) is 8.80 Å². The van der Waals surface area contributed by atoms with Gasteiger partial charge in [0.1, 0.15) is 0 Å². The van der Waals surface area contributed by atoms with Crippen LogP contribution in [-0.2, 0) is 15.6 Å². The standard InChI is InChI=1S/C10H11ClIN3O2S2/c1-6(2)4-15-9(7-3-8(12)18-5-7)13-14-10(15)19(11,16)17/h3,5-6H,4H2,1-2H3. The number of thiophene rings is 1. The Morgan fingerprint density at radius 3 is 2.63 bits per heavy atom. The van der Waals surface area contributed by atoms with Crippen molar-refractivity contribution in [3.8, 4) is 11.4 Å². The quantitative estimate of drug-likeness (QED) is 0.551. The van der Waals surface area contributed by atoms with Gasteiger partial charge in [-0.15, -0.1) is 21.5 Å². The fourth-order valence-corrected chi connectivity index (χ4v) is 3.87. The first-order valence-electron chi connectivity index (χ1n) is 5.41. The summed E-state index contributed by atoms with van der Waals surface area (Å²) in [6.45, 7) is 4.48. The highest BCUT2D eigenvalue weighted by Crippen LogP contribution is 2.28. The summed E-state index contributed by atoms with van der Waals surface area (Å²) in [6.07, 6.45) is 0. The van der Waals surface area contributed by atoms with Crippen LogP contribution < -0.4 is 0 Å². The molecule has 2 aromatic heterocycles. The molecule has 0 spiro atoms. The molecule has 2 rings (SSSR count). The van der Waals surface area contributed by atoms with Crippen molar-refractivity contribution in [2.24, 2.45) is 5.92 Å². The zero-order chi connectivity index (χ0) is 14.2. The van der Waals surface area contributed by atoms with Gasteiger partial charge in [-0.25, -0.2) is 8.42 Å². The summed E-state index contributed by atoms with van der Waals surface area (Å²) in [5, 5.41) is 9.42. The average Bonchev–Trinajstić information content (AvgIpc) is 2.82. The van der Waals surface area contributed by atoms with Crippen LogP contribution in [0.1, 0.15) is 13.8 Å². The van der Waals surface area contributed by atoms with Crippen molar-refractivity contribution in [3.05, 3.63) is 14.3 Å². The Kier molecular flexibility index (Phi) is 4.53. The van der Waals surface area contributed by atoms with E-state index in [1.807, 2.05) is 25.3 Å². The Balaban J connectivity index is 2.59. The van der Waals surface area contributed by atoms with E-state index in [-0.39, 0.29) is 11.1 Å². The maximum atomic E-state index is 11.5. The molecule has 9 heteroatoms. The fourth-order valence-electron chi connectivity index (χ4n) is 1.64. The number of hydrogen-bond acceptors (Lipinski definition) is 5. The summed E-state index contributed by atoms with van der Waals surface area (Å²) in [5.74, 6) is 0.789. The number of nitrogens with zero attached hydrogens (tertiary/aromatic N) is 3. The number of halogens is 2. The monoisotopic (exact) mass is 431 g/mol. The summed E-state index contributed by atoms with van der Waals surface area (Å²) in [6, 6.07) is 1.94. The first-order valence-corrected chi connectivity index (χ1v) is 9.68. The second kappa shape index (κ2) is 5.66. The Morgan fingerprint density at radius 2 is 2.16 bits per heavy atom. The summed E-state index contributed by atoms with van der Waals surface area (Å²) in [4.78, 5) is 0. The Hall–Kier alpha value is -0.190. The highest BCUT2D eigenvalue weighted by molar-refractivity contribution is 14.1. The van der Waals surface area contributed by atoms with E-state index in [0.717, 1.165) is 8.45 Å². The molecule has 2 aromatic rings. The lowest BCUT2D eigenvalue weighted by molar-refractivity contribution is 0.488. The lowest BCUT2D eigenvalue weighted by atomic mass is 10.2. The Morgan fingerprint density at radius 1 is 1.47 bits per heavy atom. The van der Waals surface area contributed by atoms with Crippen LogP contribution in [0.3, 0.4) is 0 Å². The van der Waals surface area contributed by atoms with E-state index in [1.54, 1.807) is 15.9 Å². The van der Waals surface area contributed by atoms with Crippen LogP contribution >= 0.6 is 44.6 Å². The SMILES string of the molecule is CC(C)Cn1c(-c2csc(I)c2)nnc1S(=O)(=O)Cl. The molecule has 0 aliphatic carbocycles. The summed E-state index contributed by atoms with van der Waals surface area (Å²) < 4.78 is 25.7. The molecule has 0 atom stereocenters. The highest BCUT2D eigenvalue weighted by Gasteiger charge is 2.24.